The van der Waals surface area contributed by atoms with Gasteiger partial charge in [-0.1, -0.05) is 49.6 Å². The topological polar surface area (TPSA) is 25.2 Å². The van der Waals surface area contributed by atoms with Gasteiger partial charge in [0.05, 0.1) is 6.54 Å². The van der Waals surface area contributed by atoms with Gasteiger partial charge in [-0.2, -0.15) is 0 Å². The van der Waals surface area contributed by atoms with Gasteiger partial charge >= 0.3 is 0 Å². The maximum Gasteiger partial charge on any atom is 0.226 e. The van der Waals surface area contributed by atoms with Gasteiger partial charge in [0.15, 0.2) is 0 Å². The molecule has 26 heavy (non-hydrogen) atoms. The molecule has 140 valence electrons. The Hall–Kier alpha value is -1.74. The van der Waals surface area contributed by atoms with Crippen LogP contribution in [0.1, 0.15) is 57.2 Å². The molecule has 0 bridgehead atoms. The standard InChI is InChI=1S/C22H29ClN2O/c1-3-17(2)25(22(26)18-9-4-5-10-18)16-20-12-8-14-24(20)15-19-11-6-7-13-21(19)23/h6-8,11-14,17-18H,3-5,9-10,15-16H2,1-2H3/t17-/m0/s1. The third-order valence-electron chi connectivity index (χ3n) is 5.66. The van der Waals surface area contributed by atoms with Crippen molar-refractivity contribution in [1.29, 1.82) is 0 Å². The minimum atomic E-state index is 0.219. The molecule has 1 aliphatic rings. The van der Waals surface area contributed by atoms with Gasteiger partial charge < -0.3 is 9.47 Å². The summed E-state index contributed by atoms with van der Waals surface area (Å²) >= 11 is 6.33. The number of carbonyl (C=O) groups excluding carboxylic acids is 1. The monoisotopic (exact) mass is 372 g/mol. The highest BCUT2D eigenvalue weighted by molar-refractivity contribution is 6.31. The summed E-state index contributed by atoms with van der Waals surface area (Å²) < 4.78 is 2.21. The Balaban J connectivity index is 1.78. The second kappa shape index (κ2) is 8.77. The van der Waals surface area contributed by atoms with E-state index in [1.807, 2.05) is 18.2 Å². The maximum absolute atomic E-state index is 13.1. The Morgan fingerprint density at radius 1 is 1.23 bits per heavy atom. The van der Waals surface area contributed by atoms with E-state index in [9.17, 15) is 4.79 Å². The van der Waals surface area contributed by atoms with Gasteiger partial charge in [-0.15, -0.1) is 0 Å². The lowest BCUT2D eigenvalue weighted by atomic mass is 10.0. The normalized spacial score (nSPS) is 16.0. The molecule has 1 fully saturated rings. The molecule has 1 heterocycles. The van der Waals surface area contributed by atoms with Crippen LogP contribution < -0.4 is 0 Å². The number of amides is 1. The number of hydrogen-bond acceptors (Lipinski definition) is 1. The molecule has 1 amide bonds. The van der Waals surface area contributed by atoms with Crippen LogP contribution in [0.25, 0.3) is 0 Å². The number of nitrogens with zero attached hydrogens (tertiary/aromatic N) is 2. The summed E-state index contributed by atoms with van der Waals surface area (Å²) in [6.07, 6.45) is 7.53. The van der Waals surface area contributed by atoms with Crippen molar-refractivity contribution in [3.8, 4) is 0 Å². The van der Waals surface area contributed by atoms with Crippen LogP contribution in [0.2, 0.25) is 5.02 Å². The average Bonchev–Trinajstić information content (AvgIpc) is 3.32. The summed E-state index contributed by atoms with van der Waals surface area (Å²) in [4.78, 5) is 15.2. The van der Waals surface area contributed by atoms with Gasteiger partial charge in [-0.25, -0.2) is 0 Å². The number of halogens is 1. The highest BCUT2D eigenvalue weighted by Gasteiger charge is 2.29. The van der Waals surface area contributed by atoms with E-state index in [2.05, 4.69) is 47.7 Å². The molecular weight excluding hydrogens is 344 g/mol. The van der Waals surface area contributed by atoms with Gasteiger partial charge in [0.1, 0.15) is 0 Å². The van der Waals surface area contributed by atoms with E-state index in [1.165, 1.54) is 12.8 Å². The van der Waals surface area contributed by atoms with Crippen LogP contribution in [0.4, 0.5) is 0 Å². The summed E-state index contributed by atoms with van der Waals surface area (Å²) in [6, 6.07) is 12.4. The van der Waals surface area contributed by atoms with E-state index >= 15 is 0 Å². The summed E-state index contributed by atoms with van der Waals surface area (Å²) in [5, 5.41) is 0.785. The van der Waals surface area contributed by atoms with Crippen molar-refractivity contribution in [3.05, 3.63) is 58.9 Å². The zero-order chi connectivity index (χ0) is 18.5. The van der Waals surface area contributed by atoms with Crippen LogP contribution >= 0.6 is 11.6 Å². The zero-order valence-corrected chi connectivity index (χ0v) is 16.6. The molecule has 1 aromatic heterocycles. The minimum Gasteiger partial charge on any atom is -0.345 e. The molecule has 1 aliphatic carbocycles. The molecule has 3 rings (SSSR count). The zero-order valence-electron chi connectivity index (χ0n) is 15.8. The molecule has 4 heteroatoms. The molecule has 0 aliphatic heterocycles. The van der Waals surface area contributed by atoms with E-state index < -0.39 is 0 Å². The first-order valence-electron chi connectivity index (χ1n) is 9.78. The fraction of sp³-hybridized carbons (Fsp3) is 0.500. The van der Waals surface area contributed by atoms with Gasteiger partial charge in [-0.3, -0.25) is 4.79 Å². The number of carbonyl (C=O) groups is 1. The molecule has 1 aromatic carbocycles. The Morgan fingerprint density at radius 3 is 2.65 bits per heavy atom. The first kappa shape index (κ1) is 19.0. The molecule has 1 atom stereocenters. The molecule has 0 unspecified atom stereocenters. The van der Waals surface area contributed by atoms with Crippen LogP contribution in [0.3, 0.4) is 0 Å². The summed E-state index contributed by atoms with van der Waals surface area (Å²) in [5.41, 5.74) is 2.26. The molecule has 0 spiro atoms. The van der Waals surface area contributed by atoms with Crippen LogP contribution in [-0.2, 0) is 17.9 Å². The summed E-state index contributed by atoms with van der Waals surface area (Å²) in [7, 11) is 0. The quantitative estimate of drug-likeness (QED) is 0.629. The SMILES string of the molecule is CC[C@H](C)N(Cc1cccn1Cc1ccccc1Cl)C(=O)C1CCCC1. The van der Waals surface area contributed by atoms with E-state index in [-0.39, 0.29) is 12.0 Å². The summed E-state index contributed by atoms with van der Waals surface area (Å²) in [5.74, 6) is 0.554. The third-order valence-corrected chi connectivity index (χ3v) is 6.03. The van der Waals surface area contributed by atoms with E-state index in [0.717, 1.165) is 42.1 Å². The lowest BCUT2D eigenvalue weighted by Gasteiger charge is -2.31. The lowest BCUT2D eigenvalue weighted by Crippen LogP contribution is -2.41. The fourth-order valence-corrected chi connectivity index (χ4v) is 4.01. The Bertz CT molecular complexity index is 733. The van der Waals surface area contributed by atoms with Gasteiger partial charge in [0, 0.05) is 35.4 Å². The minimum absolute atomic E-state index is 0.219. The average molecular weight is 373 g/mol. The van der Waals surface area contributed by atoms with Crippen LogP contribution in [-0.4, -0.2) is 21.4 Å². The Kier molecular flexibility index (Phi) is 6.42. The van der Waals surface area contributed by atoms with Crippen LogP contribution in [0.15, 0.2) is 42.6 Å². The molecule has 0 saturated heterocycles. The largest absolute Gasteiger partial charge is 0.345 e. The van der Waals surface area contributed by atoms with Gasteiger partial charge in [0.2, 0.25) is 5.91 Å². The first-order chi connectivity index (χ1) is 12.6. The fourth-order valence-electron chi connectivity index (χ4n) is 3.81. The van der Waals surface area contributed by atoms with Gasteiger partial charge in [0.25, 0.3) is 0 Å². The van der Waals surface area contributed by atoms with Crippen molar-refractivity contribution in [1.82, 2.24) is 9.47 Å². The van der Waals surface area contributed by atoms with Crippen molar-refractivity contribution in [2.24, 2.45) is 5.92 Å². The Labute approximate surface area is 162 Å². The van der Waals surface area contributed by atoms with Gasteiger partial charge in [-0.05, 0) is 49.9 Å². The second-order valence-corrected chi connectivity index (χ2v) is 7.83. The molecule has 0 N–H and O–H groups in total. The van der Waals surface area contributed by atoms with Crippen molar-refractivity contribution in [2.75, 3.05) is 0 Å². The lowest BCUT2D eigenvalue weighted by molar-refractivity contribution is -0.138. The highest BCUT2D eigenvalue weighted by atomic mass is 35.5. The number of benzene rings is 1. The second-order valence-electron chi connectivity index (χ2n) is 7.42. The van der Waals surface area contributed by atoms with Crippen molar-refractivity contribution >= 4 is 17.5 Å². The van der Waals surface area contributed by atoms with E-state index in [0.29, 0.717) is 12.5 Å². The predicted octanol–water partition coefficient (Wildman–Crippen LogP) is 5.51. The van der Waals surface area contributed by atoms with Crippen LogP contribution in [0.5, 0.6) is 0 Å². The maximum atomic E-state index is 13.1. The molecule has 1 saturated carbocycles. The van der Waals surface area contributed by atoms with Crippen molar-refractivity contribution < 1.29 is 4.79 Å². The van der Waals surface area contributed by atoms with Crippen LogP contribution in [0, 0.1) is 5.92 Å². The molecule has 0 radical (unpaired) electrons. The Morgan fingerprint density at radius 2 is 1.96 bits per heavy atom. The van der Waals surface area contributed by atoms with Crippen molar-refractivity contribution in [2.45, 2.75) is 65.1 Å². The number of rotatable bonds is 7. The molecule has 3 nitrogen and oxygen atoms in total. The number of aromatic nitrogens is 1. The number of hydrogen-bond donors (Lipinski definition) is 0. The smallest absolute Gasteiger partial charge is 0.226 e. The first-order valence-corrected chi connectivity index (χ1v) is 10.2. The third kappa shape index (κ3) is 4.32. The van der Waals surface area contributed by atoms with Crippen molar-refractivity contribution in [3.63, 3.8) is 0 Å². The molecular formula is C22H29ClN2O. The summed E-state index contributed by atoms with van der Waals surface area (Å²) in [6.45, 7) is 5.71. The highest BCUT2D eigenvalue weighted by Crippen LogP contribution is 2.28. The molecule has 2 aromatic rings. The van der Waals surface area contributed by atoms with E-state index in [1.54, 1.807) is 0 Å². The van der Waals surface area contributed by atoms with E-state index in [4.69, 9.17) is 11.6 Å². The predicted molar refractivity (Wildman–Crippen MR) is 107 cm³/mol.